The van der Waals surface area contributed by atoms with E-state index < -0.39 is 0 Å². The Kier molecular flexibility index (Phi) is 4.54. The quantitative estimate of drug-likeness (QED) is 0.903. The topological polar surface area (TPSA) is 24.9 Å². The molecule has 0 unspecified atom stereocenters. The van der Waals surface area contributed by atoms with Crippen LogP contribution in [0.4, 0.5) is 0 Å². The molecule has 2 rings (SSSR count). The molecule has 1 atom stereocenters. The van der Waals surface area contributed by atoms with E-state index in [-0.39, 0.29) is 0 Å². The van der Waals surface area contributed by atoms with Gasteiger partial charge in [0, 0.05) is 21.9 Å². The first-order valence-electron chi connectivity index (χ1n) is 5.98. The molecule has 0 saturated heterocycles. The summed E-state index contributed by atoms with van der Waals surface area (Å²) in [5, 5.41) is 4.68. The Balaban J connectivity index is 2.00. The van der Waals surface area contributed by atoms with Crippen molar-refractivity contribution in [3.8, 4) is 0 Å². The number of aryl methyl sites for hydroxylation is 2. The van der Waals surface area contributed by atoms with Crippen molar-refractivity contribution in [3.63, 3.8) is 0 Å². The zero-order valence-electron chi connectivity index (χ0n) is 10.8. The summed E-state index contributed by atoms with van der Waals surface area (Å²) < 4.78 is 1.12. The molecule has 0 amide bonds. The lowest BCUT2D eigenvalue weighted by atomic mass is 10.1. The van der Waals surface area contributed by atoms with E-state index in [1.807, 2.05) is 6.07 Å². The number of nitrogens with one attached hydrogen (secondary N) is 1. The Morgan fingerprint density at radius 1 is 1.39 bits per heavy atom. The van der Waals surface area contributed by atoms with Gasteiger partial charge >= 0.3 is 0 Å². The highest BCUT2D eigenvalue weighted by atomic mass is 79.9. The van der Waals surface area contributed by atoms with Crippen LogP contribution in [0.1, 0.15) is 34.1 Å². The Morgan fingerprint density at radius 3 is 2.78 bits per heavy atom. The summed E-state index contributed by atoms with van der Waals surface area (Å²) in [4.78, 5) is 5.77. The van der Waals surface area contributed by atoms with E-state index in [2.05, 4.69) is 65.2 Å². The van der Waals surface area contributed by atoms with Crippen LogP contribution in [0.2, 0.25) is 0 Å². The van der Waals surface area contributed by atoms with Crippen molar-refractivity contribution in [2.75, 3.05) is 0 Å². The summed E-state index contributed by atoms with van der Waals surface area (Å²) in [6.45, 7) is 7.19. The number of thiazole rings is 1. The Bertz CT molecular complexity index is 536. The van der Waals surface area contributed by atoms with Crippen LogP contribution >= 0.6 is 27.3 Å². The van der Waals surface area contributed by atoms with Crippen molar-refractivity contribution >= 4 is 27.3 Å². The molecule has 1 aromatic carbocycles. The predicted molar refractivity (Wildman–Crippen MR) is 81.0 cm³/mol. The minimum Gasteiger partial charge on any atom is -0.305 e. The zero-order chi connectivity index (χ0) is 13.1. The van der Waals surface area contributed by atoms with Gasteiger partial charge in [0.05, 0.1) is 10.7 Å². The third-order valence-corrected chi connectivity index (χ3v) is 4.48. The average Bonchev–Trinajstić information content (AvgIpc) is 2.65. The van der Waals surface area contributed by atoms with Gasteiger partial charge in [0.15, 0.2) is 0 Å². The second-order valence-electron chi connectivity index (χ2n) is 4.40. The summed E-state index contributed by atoms with van der Waals surface area (Å²) in [5.41, 5.74) is 2.44. The van der Waals surface area contributed by atoms with Crippen LogP contribution in [-0.4, -0.2) is 4.98 Å². The van der Waals surface area contributed by atoms with Gasteiger partial charge in [0.2, 0.25) is 0 Å². The molecule has 18 heavy (non-hydrogen) atoms. The van der Waals surface area contributed by atoms with Crippen LogP contribution in [0, 0.1) is 13.8 Å². The molecule has 0 fully saturated rings. The summed E-state index contributed by atoms with van der Waals surface area (Å²) in [6.07, 6.45) is 0. The molecule has 0 aliphatic carbocycles. The van der Waals surface area contributed by atoms with Gasteiger partial charge in [-0.05, 0) is 38.5 Å². The maximum atomic E-state index is 4.45. The molecule has 0 aliphatic heterocycles. The second kappa shape index (κ2) is 5.95. The highest BCUT2D eigenvalue weighted by Crippen LogP contribution is 2.20. The number of nitrogens with zero attached hydrogens (tertiary/aromatic N) is 1. The normalized spacial score (nSPS) is 12.7. The van der Waals surface area contributed by atoms with E-state index in [1.54, 1.807) is 11.3 Å². The molecule has 1 N–H and O–H groups in total. The number of rotatable bonds is 4. The van der Waals surface area contributed by atoms with Crippen molar-refractivity contribution in [1.29, 1.82) is 0 Å². The molecule has 0 bridgehead atoms. The molecule has 4 heteroatoms. The molecule has 0 spiro atoms. The van der Waals surface area contributed by atoms with Crippen LogP contribution in [0.25, 0.3) is 0 Å². The van der Waals surface area contributed by atoms with E-state index in [1.165, 1.54) is 10.4 Å². The molecular formula is C14H17BrN2S. The van der Waals surface area contributed by atoms with E-state index in [0.29, 0.717) is 6.04 Å². The van der Waals surface area contributed by atoms with Crippen LogP contribution in [0.3, 0.4) is 0 Å². The fourth-order valence-electron chi connectivity index (χ4n) is 1.88. The fourth-order valence-corrected chi connectivity index (χ4v) is 3.18. The Hall–Kier alpha value is -0.710. The predicted octanol–water partition coefficient (Wildman–Crippen LogP) is 4.37. The number of benzene rings is 1. The van der Waals surface area contributed by atoms with Gasteiger partial charge in [-0.25, -0.2) is 4.98 Å². The van der Waals surface area contributed by atoms with Crippen LogP contribution < -0.4 is 5.32 Å². The van der Waals surface area contributed by atoms with E-state index in [4.69, 9.17) is 0 Å². The number of halogens is 1. The molecule has 96 valence electrons. The van der Waals surface area contributed by atoms with Gasteiger partial charge in [-0.2, -0.15) is 0 Å². The fraction of sp³-hybridized carbons (Fsp3) is 0.357. The van der Waals surface area contributed by atoms with E-state index >= 15 is 0 Å². The lowest BCUT2D eigenvalue weighted by molar-refractivity contribution is 0.577. The third kappa shape index (κ3) is 3.40. The minimum absolute atomic E-state index is 0.337. The number of hydrogen-bond donors (Lipinski definition) is 1. The largest absolute Gasteiger partial charge is 0.305 e. The van der Waals surface area contributed by atoms with Crippen molar-refractivity contribution in [2.45, 2.75) is 33.4 Å². The van der Waals surface area contributed by atoms with Gasteiger partial charge in [0.1, 0.15) is 0 Å². The van der Waals surface area contributed by atoms with E-state index in [9.17, 15) is 0 Å². The maximum absolute atomic E-state index is 4.45. The zero-order valence-corrected chi connectivity index (χ0v) is 13.2. The standard InChI is InChI=1S/C14H17BrN2S/c1-9(12-5-4-6-13(15)7-12)16-8-14-10(2)17-11(3)18-14/h4-7,9,16H,8H2,1-3H3/t9-/m0/s1. The first-order chi connectivity index (χ1) is 8.56. The summed E-state index contributed by atoms with van der Waals surface area (Å²) in [6, 6.07) is 8.76. The SMILES string of the molecule is Cc1nc(C)c(CN[C@@H](C)c2cccc(Br)c2)s1. The van der Waals surface area contributed by atoms with Crippen LogP contribution in [-0.2, 0) is 6.54 Å². The van der Waals surface area contributed by atoms with Crippen LogP contribution in [0.15, 0.2) is 28.7 Å². The average molecular weight is 325 g/mol. The number of hydrogen-bond acceptors (Lipinski definition) is 3. The Morgan fingerprint density at radius 2 is 2.17 bits per heavy atom. The molecule has 1 aromatic heterocycles. The van der Waals surface area contributed by atoms with Gasteiger partial charge in [-0.15, -0.1) is 11.3 Å². The number of aromatic nitrogens is 1. The molecule has 0 radical (unpaired) electrons. The highest BCUT2D eigenvalue weighted by Gasteiger charge is 2.08. The minimum atomic E-state index is 0.337. The lowest BCUT2D eigenvalue weighted by Crippen LogP contribution is -2.17. The molecule has 2 nitrogen and oxygen atoms in total. The van der Waals surface area contributed by atoms with Gasteiger partial charge in [0.25, 0.3) is 0 Å². The van der Waals surface area contributed by atoms with Crippen LogP contribution in [0.5, 0.6) is 0 Å². The third-order valence-electron chi connectivity index (χ3n) is 2.92. The molecule has 1 heterocycles. The summed E-state index contributed by atoms with van der Waals surface area (Å²) in [7, 11) is 0. The molecule has 0 aliphatic rings. The molecule has 2 aromatic rings. The monoisotopic (exact) mass is 324 g/mol. The van der Waals surface area contributed by atoms with Gasteiger partial charge in [-0.1, -0.05) is 28.1 Å². The summed E-state index contributed by atoms with van der Waals surface area (Å²) in [5.74, 6) is 0. The molecule has 0 saturated carbocycles. The van der Waals surface area contributed by atoms with E-state index in [0.717, 1.165) is 21.7 Å². The van der Waals surface area contributed by atoms with Gasteiger partial charge < -0.3 is 5.32 Å². The Labute approximate surface area is 121 Å². The summed E-state index contributed by atoms with van der Waals surface area (Å²) >= 11 is 5.28. The first kappa shape index (κ1) is 13.7. The lowest BCUT2D eigenvalue weighted by Gasteiger charge is -2.14. The van der Waals surface area contributed by atoms with Crippen molar-refractivity contribution < 1.29 is 0 Å². The van der Waals surface area contributed by atoms with Gasteiger partial charge in [-0.3, -0.25) is 0 Å². The van der Waals surface area contributed by atoms with Crippen molar-refractivity contribution in [3.05, 3.63) is 49.9 Å². The smallest absolute Gasteiger partial charge is 0.0900 e. The second-order valence-corrected chi connectivity index (χ2v) is 6.60. The van der Waals surface area contributed by atoms with Crippen molar-refractivity contribution in [1.82, 2.24) is 10.3 Å². The maximum Gasteiger partial charge on any atom is 0.0900 e. The van der Waals surface area contributed by atoms with Crippen molar-refractivity contribution in [2.24, 2.45) is 0 Å². The first-order valence-corrected chi connectivity index (χ1v) is 7.59. The highest BCUT2D eigenvalue weighted by molar-refractivity contribution is 9.10. The molecular weight excluding hydrogens is 308 g/mol.